The van der Waals surface area contributed by atoms with Gasteiger partial charge in [0.1, 0.15) is 18.5 Å². The molecular weight excluding hydrogens is 302 g/mol. The second kappa shape index (κ2) is 6.04. The topological polar surface area (TPSA) is 38.8 Å². The van der Waals surface area contributed by atoms with Crippen molar-refractivity contribution >= 4 is 11.8 Å². The van der Waals surface area contributed by atoms with Crippen molar-refractivity contribution in [3.8, 4) is 5.75 Å². The Labute approximate surface area is 141 Å². The minimum atomic E-state index is -0.288. The average Bonchev–Trinajstić information content (AvgIpc) is 2.97. The van der Waals surface area contributed by atoms with Crippen LogP contribution in [0, 0.1) is 0 Å². The third-order valence-corrected chi connectivity index (χ3v) is 4.65. The van der Waals surface area contributed by atoms with Gasteiger partial charge in [0.15, 0.2) is 0 Å². The Kier molecular flexibility index (Phi) is 3.73. The highest BCUT2D eigenvalue weighted by Crippen LogP contribution is 2.39. The Morgan fingerprint density at radius 3 is 2.88 bits per heavy atom. The maximum Gasteiger partial charge on any atom is 0.415 e. The van der Waals surface area contributed by atoms with Crippen molar-refractivity contribution in [2.75, 3.05) is 4.90 Å². The van der Waals surface area contributed by atoms with E-state index < -0.39 is 0 Å². The van der Waals surface area contributed by atoms with Crippen LogP contribution in [-0.4, -0.2) is 18.2 Å². The molecule has 4 nitrogen and oxygen atoms in total. The highest BCUT2D eigenvalue weighted by molar-refractivity contribution is 5.92. The first-order chi connectivity index (χ1) is 11.8. The quantitative estimate of drug-likeness (QED) is 0.796. The molecule has 0 aliphatic carbocycles. The molecule has 2 aromatic rings. The molecule has 0 radical (unpaired) electrons. The summed E-state index contributed by atoms with van der Waals surface area (Å²) in [6, 6.07) is 16.0. The van der Waals surface area contributed by atoms with Crippen LogP contribution in [0.5, 0.6) is 5.75 Å². The zero-order valence-electron chi connectivity index (χ0n) is 13.4. The van der Waals surface area contributed by atoms with E-state index in [1.54, 1.807) is 11.0 Å². The van der Waals surface area contributed by atoms with E-state index in [0.29, 0.717) is 6.61 Å². The molecule has 0 unspecified atom stereocenters. The Morgan fingerprint density at radius 2 is 2.08 bits per heavy atom. The van der Waals surface area contributed by atoms with Crippen molar-refractivity contribution in [3.05, 3.63) is 72.3 Å². The molecule has 0 bridgehead atoms. The van der Waals surface area contributed by atoms with Gasteiger partial charge in [-0.1, -0.05) is 36.9 Å². The summed E-state index contributed by atoms with van der Waals surface area (Å²) in [6.45, 7) is 4.30. The molecule has 2 heterocycles. The average molecular weight is 321 g/mol. The van der Waals surface area contributed by atoms with Crippen LogP contribution in [0.2, 0.25) is 0 Å². The summed E-state index contributed by atoms with van der Waals surface area (Å²) in [6.07, 6.45) is 2.98. The summed E-state index contributed by atoms with van der Waals surface area (Å²) in [7, 11) is 0. The number of carbonyl (C=O) groups excluding carboxylic acids is 1. The zero-order valence-corrected chi connectivity index (χ0v) is 13.4. The monoisotopic (exact) mass is 321 g/mol. The zero-order chi connectivity index (χ0) is 16.5. The SMILES string of the molecule is C=C[C@H]1OC(=O)N2c3ccc(OCc4ccccc4)cc3CC[C@H]12. The Hall–Kier alpha value is -2.75. The molecule has 4 heteroatoms. The van der Waals surface area contributed by atoms with Crippen LogP contribution in [0.15, 0.2) is 61.2 Å². The molecule has 122 valence electrons. The lowest BCUT2D eigenvalue weighted by molar-refractivity contribution is 0.153. The van der Waals surface area contributed by atoms with Crippen molar-refractivity contribution in [2.45, 2.75) is 31.6 Å². The summed E-state index contributed by atoms with van der Waals surface area (Å²) < 4.78 is 11.3. The number of ether oxygens (including phenoxy) is 2. The number of benzene rings is 2. The smallest absolute Gasteiger partial charge is 0.415 e. The van der Waals surface area contributed by atoms with Gasteiger partial charge in [0.05, 0.1) is 11.7 Å². The van der Waals surface area contributed by atoms with Crippen molar-refractivity contribution in [1.29, 1.82) is 0 Å². The van der Waals surface area contributed by atoms with E-state index in [4.69, 9.17) is 9.47 Å². The van der Waals surface area contributed by atoms with Crippen molar-refractivity contribution in [1.82, 2.24) is 0 Å². The number of anilines is 1. The molecular formula is C20H19NO3. The molecule has 2 aromatic carbocycles. The molecule has 0 aromatic heterocycles. The van der Waals surface area contributed by atoms with E-state index in [-0.39, 0.29) is 18.2 Å². The van der Waals surface area contributed by atoms with E-state index in [2.05, 4.69) is 6.58 Å². The van der Waals surface area contributed by atoms with Crippen LogP contribution in [0.3, 0.4) is 0 Å². The van der Waals surface area contributed by atoms with E-state index in [0.717, 1.165) is 35.4 Å². The van der Waals surface area contributed by atoms with Crippen LogP contribution < -0.4 is 9.64 Å². The predicted octanol–water partition coefficient (Wildman–Crippen LogP) is 4.09. The van der Waals surface area contributed by atoms with Crippen molar-refractivity contribution < 1.29 is 14.3 Å². The lowest BCUT2D eigenvalue weighted by atomic mass is 9.93. The molecule has 2 aliphatic heterocycles. The Balaban J connectivity index is 1.54. The number of cyclic esters (lactones) is 1. The van der Waals surface area contributed by atoms with Gasteiger partial charge >= 0.3 is 6.09 Å². The van der Waals surface area contributed by atoms with Gasteiger partial charge in [-0.25, -0.2) is 4.79 Å². The minimum absolute atomic E-state index is 0.0542. The second-order valence-corrected chi connectivity index (χ2v) is 6.12. The standard InChI is InChI=1S/C20H19NO3/c1-2-19-18-10-8-15-12-16(23-13-14-6-4-3-5-7-14)9-11-17(15)21(18)20(22)24-19/h2-7,9,11-12,18-19H,1,8,10,13H2/t18-,19-/m1/s1. The number of carbonyl (C=O) groups is 1. The lowest BCUT2D eigenvalue weighted by Gasteiger charge is -2.30. The summed E-state index contributed by atoms with van der Waals surface area (Å²) in [5, 5.41) is 0. The Morgan fingerprint density at radius 1 is 1.25 bits per heavy atom. The molecule has 0 saturated carbocycles. The first-order valence-electron chi connectivity index (χ1n) is 8.18. The van der Waals surface area contributed by atoms with Gasteiger partial charge in [0, 0.05) is 0 Å². The van der Waals surface area contributed by atoms with Gasteiger partial charge in [-0.3, -0.25) is 4.90 Å². The molecule has 0 spiro atoms. The number of nitrogens with zero attached hydrogens (tertiary/aromatic N) is 1. The van der Waals surface area contributed by atoms with Crippen LogP contribution in [0.1, 0.15) is 17.5 Å². The highest BCUT2D eigenvalue weighted by atomic mass is 16.6. The number of rotatable bonds is 4. The molecule has 0 N–H and O–H groups in total. The molecule has 1 amide bonds. The third kappa shape index (κ3) is 2.54. The summed E-state index contributed by atoms with van der Waals surface area (Å²) in [5.41, 5.74) is 3.18. The van der Waals surface area contributed by atoms with Gasteiger partial charge in [0.2, 0.25) is 0 Å². The fraction of sp³-hybridized carbons (Fsp3) is 0.250. The first kappa shape index (κ1) is 14.8. The number of amides is 1. The number of hydrogen-bond donors (Lipinski definition) is 0. The molecule has 24 heavy (non-hydrogen) atoms. The van der Waals surface area contributed by atoms with Gasteiger partial charge in [-0.05, 0) is 48.2 Å². The van der Waals surface area contributed by atoms with Crippen molar-refractivity contribution in [2.24, 2.45) is 0 Å². The first-order valence-corrected chi connectivity index (χ1v) is 8.18. The van der Waals surface area contributed by atoms with Gasteiger partial charge < -0.3 is 9.47 Å². The van der Waals surface area contributed by atoms with Gasteiger partial charge in [-0.15, -0.1) is 0 Å². The molecule has 1 fully saturated rings. The summed E-state index contributed by atoms with van der Waals surface area (Å²) >= 11 is 0. The molecule has 4 rings (SSSR count). The molecule has 2 aliphatic rings. The van der Waals surface area contributed by atoms with Gasteiger partial charge in [0.25, 0.3) is 0 Å². The second-order valence-electron chi connectivity index (χ2n) is 6.12. The summed E-state index contributed by atoms with van der Waals surface area (Å²) in [4.78, 5) is 13.9. The van der Waals surface area contributed by atoms with Crippen LogP contribution >= 0.6 is 0 Å². The van der Waals surface area contributed by atoms with Crippen LogP contribution in [0.4, 0.5) is 10.5 Å². The fourth-order valence-corrected chi connectivity index (χ4v) is 3.44. The number of aryl methyl sites for hydroxylation is 1. The summed E-state index contributed by atoms with van der Waals surface area (Å²) in [5.74, 6) is 0.823. The number of hydrogen-bond acceptors (Lipinski definition) is 3. The third-order valence-electron chi connectivity index (χ3n) is 4.65. The maximum atomic E-state index is 12.2. The molecule has 2 atom stereocenters. The normalized spacial score (nSPS) is 21.7. The highest BCUT2D eigenvalue weighted by Gasteiger charge is 2.43. The van der Waals surface area contributed by atoms with E-state index in [1.165, 1.54) is 0 Å². The van der Waals surface area contributed by atoms with E-state index in [9.17, 15) is 4.79 Å². The predicted molar refractivity (Wildman–Crippen MR) is 92.3 cm³/mol. The van der Waals surface area contributed by atoms with E-state index in [1.807, 2.05) is 48.5 Å². The van der Waals surface area contributed by atoms with Crippen LogP contribution in [0.25, 0.3) is 0 Å². The number of fused-ring (bicyclic) bond motifs is 3. The fourth-order valence-electron chi connectivity index (χ4n) is 3.44. The van der Waals surface area contributed by atoms with Gasteiger partial charge in [-0.2, -0.15) is 0 Å². The van der Waals surface area contributed by atoms with Crippen molar-refractivity contribution in [3.63, 3.8) is 0 Å². The lowest BCUT2D eigenvalue weighted by Crippen LogP contribution is -2.39. The van der Waals surface area contributed by atoms with E-state index >= 15 is 0 Å². The Bertz CT molecular complexity index is 772. The molecule has 1 saturated heterocycles. The largest absolute Gasteiger partial charge is 0.489 e. The van der Waals surface area contributed by atoms with Crippen LogP contribution in [-0.2, 0) is 17.8 Å². The maximum absolute atomic E-state index is 12.2. The minimum Gasteiger partial charge on any atom is -0.489 e.